The number of hydrogen-bond acceptors (Lipinski definition) is 8. The van der Waals surface area contributed by atoms with Gasteiger partial charge in [-0.05, 0) is 50.7 Å². The second-order valence-corrected chi connectivity index (χ2v) is 9.06. The molecule has 2 aromatic heterocycles. The van der Waals surface area contributed by atoms with Crippen LogP contribution in [0.3, 0.4) is 0 Å². The van der Waals surface area contributed by atoms with Crippen LogP contribution >= 0.6 is 0 Å². The molecule has 3 heterocycles. The Morgan fingerprint density at radius 3 is 2.53 bits per heavy atom. The molecule has 0 unspecified atom stereocenters. The zero-order valence-electron chi connectivity index (χ0n) is 19.3. The summed E-state index contributed by atoms with van der Waals surface area (Å²) in [6.45, 7) is 5.67. The minimum Gasteiger partial charge on any atom is -0.480 e. The van der Waals surface area contributed by atoms with Crippen molar-refractivity contribution in [3.63, 3.8) is 0 Å². The van der Waals surface area contributed by atoms with E-state index in [2.05, 4.69) is 30.5 Å². The van der Waals surface area contributed by atoms with Crippen molar-refractivity contribution in [1.82, 2.24) is 25.0 Å². The molecule has 180 valence electrons. The van der Waals surface area contributed by atoms with Gasteiger partial charge in [0.2, 0.25) is 11.8 Å². The molecule has 0 spiro atoms. The van der Waals surface area contributed by atoms with E-state index >= 15 is 0 Å². The minimum absolute atomic E-state index is 0.0314. The van der Waals surface area contributed by atoms with Crippen molar-refractivity contribution in [2.45, 2.75) is 38.8 Å². The van der Waals surface area contributed by atoms with Crippen molar-refractivity contribution < 1.29 is 18.3 Å². The van der Waals surface area contributed by atoms with Crippen LogP contribution in [0.1, 0.15) is 32.7 Å². The predicted molar refractivity (Wildman–Crippen MR) is 121 cm³/mol. The third-order valence-electron chi connectivity index (χ3n) is 6.51. The van der Waals surface area contributed by atoms with Gasteiger partial charge in [-0.2, -0.15) is 10.1 Å². The molecule has 3 aromatic rings. The number of nitrogens with one attached hydrogen (secondary N) is 1. The number of hydrogen-bond donors (Lipinski definition) is 1. The standard InChI is InChI=1S/C23H27F2N7O2/c1-13(2)32-23(34-17-6-7-18(24)19(25)9-17)28-22(30-32)27-21-14-4-5-15(21)12-31(11-14)16-8-20(33-3)29-26-10-16/h6-10,13-15,21H,4-5,11-12H2,1-3H3,(H,27,30)/t14-,15+,21-. The first-order valence-corrected chi connectivity index (χ1v) is 11.4. The molecule has 2 fully saturated rings. The second kappa shape index (κ2) is 9.03. The number of ether oxygens (including phenoxy) is 2. The number of benzene rings is 1. The molecule has 1 saturated carbocycles. The topological polar surface area (TPSA) is 90.2 Å². The van der Waals surface area contributed by atoms with E-state index < -0.39 is 11.6 Å². The largest absolute Gasteiger partial charge is 0.480 e. The highest BCUT2D eigenvalue weighted by molar-refractivity contribution is 5.48. The first-order chi connectivity index (χ1) is 16.4. The lowest BCUT2D eigenvalue weighted by Gasteiger charge is -2.39. The molecule has 2 bridgehead atoms. The number of methoxy groups -OCH3 is 1. The molecule has 34 heavy (non-hydrogen) atoms. The molecule has 1 aliphatic heterocycles. The predicted octanol–water partition coefficient (Wildman–Crippen LogP) is 4.06. The molecule has 3 atom stereocenters. The molecule has 9 nitrogen and oxygen atoms in total. The van der Waals surface area contributed by atoms with Crippen LogP contribution in [0, 0.1) is 23.5 Å². The van der Waals surface area contributed by atoms with Crippen molar-refractivity contribution in [3.05, 3.63) is 42.1 Å². The van der Waals surface area contributed by atoms with Crippen molar-refractivity contribution in [3.8, 4) is 17.6 Å². The van der Waals surface area contributed by atoms with Crippen LogP contribution in [0.4, 0.5) is 20.4 Å². The Kier molecular flexibility index (Phi) is 5.93. The van der Waals surface area contributed by atoms with Crippen LogP contribution in [-0.2, 0) is 0 Å². The number of fused-ring (bicyclic) bond motifs is 2. The van der Waals surface area contributed by atoms with Crippen LogP contribution in [0.15, 0.2) is 30.5 Å². The molecule has 0 amide bonds. The lowest BCUT2D eigenvalue weighted by molar-refractivity contribution is 0.371. The van der Waals surface area contributed by atoms with Gasteiger partial charge < -0.3 is 19.7 Å². The SMILES string of the molecule is COc1cc(N2C[C@H]3CC[C@@H](C2)[C@@H]3Nc2nc(Oc3ccc(F)c(F)c3)n(C(C)C)n2)cnn1. The number of nitrogens with zero attached hydrogens (tertiary/aromatic N) is 6. The van der Waals surface area contributed by atoms with Gasteiger partial charge in [0, 0.05) is 31.3 Å². The van der Waals surface area contributed by atoms with Crippen LogP contribution in [-0.4, -0.2) is 51.2 Å². The zero-order valence-corrected chi connectivity index (χ0v) is 19.3. The summed E-state index contributed by atoms with van der Waals surface area (Å²) in [4.78, 5) is 6.85. The molecule has 2 aliphatic rings. The lowest BCUT2D eigenvalue weighted by atomic mass is 9.92. The number of halogens is 2. The van der Waals surface area contributed by atoms with Gasteiger partial charge >= 0.3 is 6.01 Å². The Morgan fingerprint density at radius 2 is 1.85 bits per heavy atom. The van der Waals surface area contributed by atoms with Crippen molar-refractivity contribution in [2.24, 2.45) is 11.8 Å². The smallest absolute Gasteiger partial charge is 0.322 e. The monoisotopic (exact) mass is 471 g/mol. The van der Waals surface area contributed by atoms with Crippen molar-refractivity contribution in [1.29, 1.82) is 0 Å². The molecule has 1 aliphatic carbocycles. The van der Waals surface area contributed by atoms with E-state index in [0.29, 0.717) is 23.7 Å². The average molecular weight is 472 g/mol. The summed E-state index contributed by atoms with van der Waals surface area (Å²) >= 11 is 0. The van der Waals surface area contributed by atoms with E-state index in [1.807, 2.05) is 19.9 Å². The van der Waals surface area contributed by atoms with E-state index in [-0.39, 0.29) is 23.8 Å². The van der Waals surface area contributed by atoms with Crippen LogP contribution in [0.25, 0.3) is 0 Å². The minimum atomic E-state index is -0.975. The number of rotatable bonds is 7. The van der Waals surface area contributed by atoms with E-state index in [1.165, 1.54) is 6.07 Å². The first-order valence-electron chi connectivity index (χ1n) is 11.4. The highest BCUT2D eigenvalue weighted by Gasteiger charge is 2.43. The maximum absolute atomic E-state index is 13.6. The molecule has 11 heteroatoms. The molecule has 5 rings (SSSR count). The summed E-state index contributed by atoms with van der Waals surface area (Å²) in [6, 6.07) is 5.73. The summed E-state index contributed by atoms with van der Waals surface area (Å²) in [7, 11) is 1.58. The number of anilines is 2. The van der Waals surface area contributed by atoms with Crippen molar-refractivity contribution in [2.75, 3.05) is 30.4 Å². The van der Waals surface area contributed by atoms with Gasteiger partial charge in [-0.3, -0.25) is 0 Å². The van der Waals surface area contributed by atoms with E-state index in [1.54, 1.807) is 18.0 Å². The summed E-state index contributed by atoms with van der Waals surface area (Å²) in [5.74, 6) is 0.0593. The molecule has 1 saturated heterocycles. The fraction of sp³-hybridized carbons (Fsp3) is 0.478. The highest BCUT2D eigenvalue weighted by atomic mass is 19.2. The summed E-state index contributed by atoms with van der Waals surface area (Å²) in [5, 5.41) is 16.1. The van der Waals surface area contributed by atoms with E-state index in [4.69, 9.17) is 9.47 Å². The molecule has 1 aromatic carbocycles. The second-order valence-electron chi connectivity index (χ2n) is 9.06. The number of aromatic nitrogens is 5. The van der Waals surface area contributed by atoms with Gasteiger partial charge in [-0.15, -0.1) is 10.2 Å². The Balaban J connectivity index is 1.32. The number of piperidine rings is 1. The Labute approximate surface area is 196 Å². The molecule has 0 radical (unpaired) electrons. The van der Waals surface area contributed by atoms with Crippen LogP contribution < -0.4 is 19.7 Å². The summed E-state index contributed by atoms with van der Waals surface area (Å²) in [6.07, 6.45) is 3.98. The van der Waals surface area contributed by atoms with Gasteiger partial charge in [0.05, 0.1) is 25.0 Å². The molecule has 1 N–H and O–H groups in total. The molecular formula is C23H27F2N7O2. The first kappa shape index (κ1) is 22.3. The quantitative estimate of drug-likeness (QED) is 0.552. The Hall–Kier alpha value is -3.50. The van der Waals surface area contributed by atoms with Crippen molar-refractivity contribution >= 4 is 11.6 Å². The Morgan fingerprint density at radius 1 is 1.09 bits per heavy atom. The van der Waals surface area contributed by atoms with E-state index in [0.717, 1.165) is 43.8 Å². The maximum atomic E-state index is 13.6. The average Bonchev–Trinajstić information content (AvgIpc) is 3.32. The van der Waals surface area contributed by atoms with Gasteiger partial charge in [-0.25, -0.2) is 13.5 Å². The van der Waals surface area contributed by atoms with Gasteiger partial charge in [0.1, 0.15) is 5.75 Å². The van der Waals surface area contributed by atoms with Gasteiger partial charge in [-0.1, -0.05) is 0 Å². The van der Waals surface area contributed by atoms with Gasteiger partial charge in [0.15, 0.2) is 11.6 Å². The highest BCUT2D eigenvalue weighted by Crippen LogP contribution is 2.40. The summed E-state index contributed by atoms with van der Waals surface area (Å²) < 4.78 is 39.5. The fourth-order valence-electron chi connectivity index (χ4n) is 4.85. The zero-order chi connectivity index (χ0) is 23.8. The fourth-order valence-corrected chi connectivity index (χ4v) is 4.85. The third kappa shape index (κ3) is 4.34. The lowest BCUT2D eigenvalue weighted by Crippen LogP contribution is -2.48. The maximum Gasteiger partial charge on any atom is 0.322 e. The molecular weight excluding hydrogens is 444 g/mol. The van der Waals surface area contributed by atoms with Crippen LogP contribution in [0.5, 0.6) is 17.6 Å². The Bertz CT molecular complexity index is 1160. The normalized spacial score (nSPS) is 21.7. The van der Waals surface area contributed by atoms with Gasteiger partial charge in [0.25, 0.3) is 0 Å². The third-order valence-corrected chi connectivity index (χ3v) is 6.51. The summed E-state index contributed by atoms with van der Waals surface area (Å²) in [5.41, 5.74) is 1.01. The van der Waals surface area contributed by atoms with E-state index in [9.17, 15) is 8.78 Å². The van der Waals surface area contributed by atoms with Crippen LogP contribution in [0.2, 0.25) is 0 Å².